The summed E-state index contributed by atoms with van der Waals surface area (Å²) in [6, 6.07) is 2.19. The van der Waals surface area contributed by atoms with Crippen LogP contribution in [0.15, 0.2) is 0 Å². The number of nitrogens with zero attached hydrogens (tertiary/aromatic N) is 1. The highest BCUT2D eigenvalue weighted by atomic mass is 15.2. The van der Waals surface area contributed by atoms with Gasteiger partial charge < -0.3 is 10.2 Å². The van der Waals surface area contributed by atoms with Gasteiger partial charge in [0.05, 0.1) is 0 Å². The molecule has 3 atom stereocenters. The van der Waals surface area contributed by atoms with Gasteiger partial charge in [-0.25, -0.2) is 0 Å². The molecule has 2 nitrogen and oxygen atoms in total. The highest BCUT2D eigenvalue weighted by Gasteiger charge is 2.25. The zero-order valence-electron chi connectivity index (χ0n) is 12.7. The average Bonchev–Trinajstić information content (AvgIpc) is 3.06. The Morgan fingerprint density at radius 1 is 1.12 bits per heavy atom. The van der Waals surface area contributed by atoms with Crippen LogP contribution in [0.2, 0.25) is 0 Å². The fourth-order valence-corrected chi connectivity index (χ4v) is 2.46. The van der Waals surface area contributed by atoms with E-state index < -0.39 is 0 Å². The molecule has 0 spiro atoms. The maximum Gasteiger partial charge on any atom is 0.0104 e. The Bertz CT molecular complexity index is 211. The zero-order valence-corrected chi connectivity index (χ0v) is 12.7. The van der Waals surface area contributed by atoms with Gasteiger partial charge in [0, 0.05) is 18.1 Å². The highest BCUT2D eigenvalue weighted by molar-refractivity contribution is 4.83. The molecule has 1 N–H and O–H groups in total. The molecule has 0 aromatic heterocycles. The number of rotatable bonds is 8. The first kappa shape index (κ1) is 15.0. The summed E-state index contributed by atoms with van der Waals surface area (Å²) in [7, 11) is 2.28. The van der Waals surface area contributed by atoms with Crippen molar-refractivity contribution in [3.05, 3.63) is 0 Å². The summed E-state index contributed by atoms with van der Waals surface area (Å²) < 4.78 is 0. The molecular formula is C15H32N2. The molecule has 0 aromatic carbocycles. The van der Waals surface area contributed by atoms with Crippen LogP contribution >= 0.6 is 0 Å². The fourth-order valence-electron chi connectivity index (χ4n) is 2.46. The Hall–Kier alpha value is -0.0800. The first-order chi connectivity index (χ1) is 7.91. The monoisotopic (exact) mass is 240 g/mol. The van der Waals surface area contributed by atoms with E-state index in [4.69, 9.17) is 0 Å². The smallest absolute Gasteiger partial charge is 0.0104 e. The lowest BCUT2D eigenvalue weighted by atomic mass is 9.98. The first-order valence-electron chi connectivity index (χ1n) is 7.37. The van der Waals surface area contributed by atoms with Crippen molar-refractivity contribution in [2.45, 2.75) is 72.0 Å². The van der Waals surface area contributed by atoms with Gasteiger partial charge in [0.2, 0.25) is 0 Å². The molecule has 102 valence electrons. The summed E-state index contributed by atoms with van der Waals surface area (Å²) in [6.07, 6.45) is 4.07. The van der Waals surface area contributed by atoms with Crippen LogP contribution < -0.4 is 5.32 Å². The third-order valence-electron chi connectivity index (χ3n) is 4.28. The Morgan fingerprint density at radius 3 is 2.18 bits per heavy atom. The first-order valence-corrected chi connectivity index (χ1v) is 7.37. The van der Waals surface area contributed by atoms with E-state index in [1.807, 2.05) is 0 Å². The number of hydrogen-bond acceptors (Lipinski definition) is 2. The Morgan fingerprint density at radius 2 is 1.71 bits per heavy atom. The molecule has 2 heteroatoms. The molecule has 0 aromatic rings. The van der Waals surface area contributed by atoms with Crippen molar-refractivity contribution in [3.8, 4) is 0 Å². The van der Waals surface area contributed by atoms with Crippen LogP contribution in [-0.2, 0) is 0 Å². The second-order valence-corrected chi connectivity index (χ2v) is 6.54. The summed E-state index contributed by atoms with van der Waals surface area (Å²) in [4.78, 5) is 2.55. The summed E-state index contributed by atoms with van der Waals surface area (Å²) in [5, 5.41) is 3.65. The van der Waals surface area contributed by atoms with E-state index in [2.05, 4.69) is 51.9 Å². The molecular weight excluding hydrogens is 208 g/mol. The van der Waals surface area contributed by atoms with Crippen molar-refractivity contribution in [3.63, 3.8) is 0 Å². The average molecular weight is 240 g/mol. The lowest BCUT2D eigenvalue weighted by Gasteiger charge is -2.35. The molecule has 1 aliphatic rings. The summed E-state index contributed by atoms with van der Waals surface area (Å²) in [5.74, 6) is 1.52. The minimum Gasteiger partial charge on any atom is -0.314 e. The standard InChI is InChI=1S/C15H32N2/c1-11(2)9-13(4)17(6)14(5)12(3)10-16-15-7-8-15/h11-16H,7-10H2,1-6H3. The molecule has 0 saturated heterocycles. The SMILES string of the molecule is CC(C)CC(C)N(C)C(C)C(C)CNC1CC1. The van der Waals surface area contributed by atoms with Crippen LogP contribution in [0.3, 0.4) is 0 Å². The van der Waals surface area contributed by atoms with Crippen molar-refractivity contribution in [1.82, 2.24) is 10.2 Å². The summed E-state index contributed by atoms with van der Waals surface area (Å²) >= 11 is 0. The van der Waals surface area contributed by atoms with Crippen molar-refractivity contribution >= 4 is 0 Å². The van der Waals surface area contributed by atoms with Gasteiger partial charge in [-0.3, -0.25) is 0 Å². The van der Waals surface area contributed by atoms with Gasteiger partial charge >= 0.3 is 0 Å². The van der Waals surface area contributed by atoms with Gasteiger partial charge in [-0.15, -0.1) is 0 Å². The number of hydrogen-bond donors (Lipinski definition) is 1. The normalized spacial score (nSPS) is 21.9. The quantitative estimate of drug-likeness (QED) is 0.701. The van der Waals surface area contributed by atoms with Gasteiger partial charge in [-0.2, -0.15) is 0 Å². The van der Waals surface area contributed by atoms with Gasteiger partial charge in [0.25, 0.3) is 0 Å². The molecule has 0 aliphatic heterocycles. The van der Waals surface area contributed by atoms with E-state index in [-0.39, 0.29) is 0 Å². The third-order valence-corrected chi connectivity index (χ3v) is 4.28. The van der Waals surface area contributed by atoms with Crippen LogP contribution in [0.5, 0.6) is 0 Å². The molecule has 1 fully saturated rings. The summed E-state index contributed by atoms with van der Waals surface area (Å²) in [6.45, 7) is 12.9. The van der Waals surface area contributed by atoms with E-state index in [1.165, 1.54) is 25.8 Å². The molecule has 0 heterocycles. The van der Waals surface area contributed by atoms with Crippen molar-refractivity contribution < 1.29 is 0 Å². The van der Waals surface area contributed by atoms with E-state index in [0.717, 1.165) is 17.9 Å². The van der Waals surface area contributed by atoms with Gasteiger partial charge in [0.1, 0.15) is 0 Å². The van der Waals surface area contributed by atoms with E-state index in [9.17, 15) is 0 Å². The van der Waals surface area contributed by atoms with E-state index in [0.29, 0.717) is 12.1 Å². The molecule has 1 aliphatic carbocycles. The van der Waals surface area contributed by atoms with Crippen molar-refractivity contribution in [2.24, 2.45) is 11.8 Å². The Labute approximate surface area is 108 Å². The summed E-state index contributed by atoms with van der Waals surface area (Å²) in [5.41, 5.74) is 0. The molecule has 1 saturated carbocycles. The van der Waals surface area contributed by atoms with Crippen LogP contribution in [0.4, 0.5) is 0 Å². The van der Waals surface area contributed by atoms with Crippen LogP contribution in [0.1, 0.15) is 53.9 Å². The highest BCUT2D eigenvalue weighted by Crippen LogP contribution is 2.21. The minimum atomic E-state index is 0.662. The largest absolute Gasteiger partial charge is 0.314 e. The Kier molecular flexibility index (Phi) is 5.94. The lowest BCUT2D eigenvalue weighted by molar-refractivity contribution is 0.135. The molecule has 1 rings (SSSR count). The maximum absolute atomic E-state index is 3.65. The predicted octanol–water partition coefficient (Wildman–Crippen LogP) is 3.13. The van der Waals surface area contributed by atoms with Gasteiger partial charge in [0.15, 0.2) is 0 Å². The zero-order chi connectivity index (χ0) is 13.0. The van der Waals surface area contributed by atoms with Gasteiger partial charge in [-0.05, 0) is 58.5 Å². The molecule has 17 heavy (non-hydrogen) atoms. The van der Waals surface area contributed by atoms with Crippen LogP contribution in [0, 0.1) is 11.8 Å². The van der Waals surface area contributed by atoms with E-state index in [1.54, 1.807) is 0 Å². The predicted molar refractivity (Wildman–Crippen MR) is 76.3 cm³/mol. The minimum absolute atomic E-state index is 0.662. The van der Waals surface area contributed by atoms with Crippen LogP contribution in [-0.4, -0.2) is 36.6 Å². The maximum atomic E-state index is 3.65. The van der Waals surface area contributed by atoms with Crippen molar-refractivity contribution in [1.29, 1.82) is 0 Å². The van der Waals surface area contributed by atoms with E-state index >= 15 is 0 Å². The molecule has 0 radical (unpaired) electrons. The Balaban J connectivity index is 2.29. The lowest BCUT2D eigenvalue weighted by Crippen LogP contribution is -2.44. The topological polar surface area (TPSA) is 15.3 Å². The second kappa shape index (κ2) is 6.75. The van der Waals surface area contributed by atoms with Gasteiger partial charge in [-0.1, -0.05) is 20.8 Å². The van der Waals surface area contributed by atoms with Crippen molar-refractivity contribution in [2.75, 3.05) is 13.6 Å². The second-order valence-electron chi connectivity index (χ2n) is 6.54. The van der Waals surface area contributed by atoms with Crippen LogP contribution in [0.25, 0.3) is 0 Å². The third kappa shape index (κ3) is 5.39. The molecule has 3 unspecified atom stereocenters. The molecule has 0 amide bonds. The number of nitrogens with one attached hydrogen (secondary N) is 1. The fraction of sp³-hybridized carbons (Fsp3) is 1.00. The molecule has 0 bridgehead atoms.